The summed E-state index contributed by atoms with van der Waals surface area (Å²) in [5, 5.41) is 2.67. The molecule has 2 aromatic rings. The van der Waals surface area contributed by atoms with Gasteiger partial charge in [0.25, 0.3) is 0 Å². The van der Waals surface area contributed by atoms with Crippen molar-refractivity contribution in [3.63, 3.8) is 0 Å². The smallest absolute Gasteiger partial charge is 0.243 e. The van der Waals surface area contributed by atoms with Gasteiger partial charge >= 0.3 is 0 Å². The second kappa shape index (κ2) is 11.3. The van der Waals surface area contributed by atoms with Gasteiger partial charge in [0.1, 0.15) is 24.1 Å². The van der Waals surface area contributed by atoms with Crippen LogP contribution in [0.4, 0.5) is 5.69 Å². The first kappa shape index (κ1) is 26.8. The van der Waals surface area contributed by atoms with E-state index >= 15 is 0 Å². The molecule has 1 fully saturated rings. The van der Waals surface area contributed by atoms with E-state index in [1.54, 1.807) is 36.4 Å². The first-order valence-corrected chi connectivity index (χ1v) is 14.5. The molecule has 0 aliphatic carbocycles. The number of carbonyl (C=O) groups is 1. The summed E-state index contributed by atoms with van der Waals surface area (Å²) in [5.41, 5.74) is 0.315. The molecule has 35 heavy (non-hydrogen) atoms. The highest BCUT2D eigenvalue weighted by Crippen LogP contribution is 2.25. The lowest BCUT2D eigenvalue weighted by Gasteiger charge is -2.28. The number of hydrogen-bond acceptors (Lipinski definition) is 7. The molecule has 1 saturated heterocycles. The van der Waals surface area contributed by atoms with Crippen LogP contribution in [0.25, 0.3) is 0 Å². The number of hydrogen-bond donors (Lipinski definition) is 1. The number of anilines is 1. The van der Waals surface area contributed by atoms with Gasteiger partial charge in [0.2, 0.25) is 26.0 Å². The molecule has 1 aliphatic heterocycles. The molecule has 192 valence electrons. The van der Waals surface area contributed by atoms with E-state index in [0.29, 0.717) is 30.3 Å². The van der Waals surface area contributed by atoms with E-state index in [9.17, 15) is 21.6 Å². The maximum atomic E-state index is 12.7. The molecule has 0 bridgehead atoms. The summed E-state index contributed by atoms with van der Waals surface area (Å²) in [7, 11) is -5.77. The zero-order chi connectivity index (χ0) is 25.6. The Morgan fingerprint density at radius 2 is 1.71 bits per heavy atom. The number of rotatable bonds is 11. The Labute approximate surface area is 206 Å². The third kappa shape index (κ3) is 6.65. The molecule has 2 aromatic carbocycles. The van der Waals surface area contributed by atoms with Crippen LogP contribution < -0.4 is 19.1 Å². The van der Waals surface area contributed by atoms with Crippen molar-refractivity contribution in [2.24, 2.45) is 0 Å². The van der Waals surface area contributed by atoms with Gasteiger partial charge in [0.15, 0.2) is 0 Å². The fourth-order valence-electron chi connectivity index (χ4n) is 3.83. The highest BCUT2D eigenvalue weighted by molar-refractivity contribution is 7.92. The molecule has 0 aromatic heterocycles. The van der Waals surface area contributed by atoms with Crippen LogP contribution in [0.2, 0.25) is 0 Å². The maximum Gasteiger partial charge on any atom is 0.243 e. The van der Waals surface area contributed by atoms with Crippen molar-refractivity contribution in [2.75, 3.05) is 43.9 Å². The van der Waals surface area contributed by atoms with Crippen molar-refractivity contribution in [1.82, 2.24) is 9.62 Å². The summed E-state index contributed by atoms with van der Waals surface area (Å²) in [6.07, 6.45) is 2.77. The fourth-order valence-corrected chi connectivity index (χ4v) is 6.52. The van der Waals surface area contributed by atoms with E-state index in [1.807, 2.05) is 0 Å². The lowest BCUT2D eigenvalue weighted by molar-refractivity contribution is -0.121. The van der Waals surface area contributed by atoms with Crippen LogP contribution in [0.3, 0.4) is 0 Å². The molecule has 12 heteroatoms. The van der Waals surface area contributed by atoms with E-state index < -0.39 is 32.0 Å². The van der Waals surface area contributed by atoms with Gasteiger partial charge in [-0.3, -0.25) is 9.10 Å². The van der Waals surface area contributed by atoms with Gasteiger partial charge in [-0.2, -0.15) is 4.31 Å². The number of methoxy groups -OCH3 is 1. The van der Waals surface area contributed by atoms with Crippen molar-refractivity contribution in [3.8, 4) is 11.5 Å². The van der Waals surface area contributed by atoms with E-state index in [0.717, 1.165) is 23.4 Å². The van der Waals surface area contributed by atoms with Crippen LogP contribution in [0.15, 0.2) is 53.4 Å². The maximum absolute atomic E-state index is 12.7. The minimum absolute atomic E-state index is 0.120. The minimum Gasteiger partial charge on any atom is -0.497 e. The number of carbonyl (C=O) groups excluding carboxylic acids is 1. The quantitative estimate of drug-likeness (QED) is 0.444. The van der Waals surface area contributed by atoms with Crippen LogP contribution in [0.5, 0.6) is 11.5 Å². The average Bonchev–Trinajstić information content (AvgIpc) is 3.37. The van der Waals surface area contributed by atoms with Crippen molar-refractivity contribution in [1.29, 1.82) is 0 Å². The van der Waals surface area contributed by atoms with Gasteiger partial charge in [-0.15, -0.1) is 0 Å². The van der Waals surface area contributed by atoms with Crippen LogP contribution >= 0.6 is 0 Å². The third-order valence-corrected chi connectivity index (χ3v) is 8.75. The van der Waals surface area contributed by atoms with Gasteiger partial charge in [0, 0.05) is 19.2 Å². The molecule has 0 unspecified atom stereocenters. The molecule has 1 N–H and O–H groups in total. The largest absolute Gasteiger partial charge is 0.497 e. The first-order valence-electron chi connectivity index (χ1n) is 11.2. The topological polar surface area (TPSA) is 122 Å². The van der Waals surface area contributed by atoms with Crippen LogP contribution in [-0.2, 0) is 24.8 Å². The predicted octanol–water partition coefficient (Wildman–Crippen LogP) is 1.83. The van der Waals surface area contributed by atoms with Crippen molar-refractivity contribution in [3.05, 3.63) is 48.5 Å². The second-order valence-corrected chi connectivity index (χ2v) is 12.0. The Hall–Kier alpha value is -2.83. The van der Waals surface area contributed by atoms with Gasteiger partial charge in [0.05, 0.1) is 30.5 Å². The standard InChI is InChI=1S/C23H31N3O7S2/c1-18(26(34(3,28)29)19-7-6-8-21(17-19)32-2)23(27)24-13-16-33-20-9-11-22(12-10-20)35(30,31)25-14-4-5-15-25/h6-12,17-18H,4-5,13-16H2,1-3H3,(H,24,27)/t18-/m1/s1. The van der Waals surface area contributed by atoms with E-state index in [4.69, 9.17) is 9.47 Å². The summed E-state index contributed by atoms with van der Waals surface area (Å²) in [6, 6.07) is 11.6. The van der Waals surface area contributed by atoms with Gasteiger partial charge in [-0.1, -0.05) is 6.07 Å². The van der Waals surface area contributed by atoms with Crippen LogP contribution in [0, 0.1) is 0 Å². The molecular weight excluding hydrogens is 494 g/mol. The summed E-state index contributed by atoms with van der Waals surface area (Å²) in [4.78, 5) is 12.9. The summed E-state index contributed by atoms with van der Waals surface area (Å²) in [5.74, 6) is 0.437. The molecular formula is C23H31N3O7S2. The molecule has 3 rings (SSSR count). The number of amides is 1. The molecule has 1 atom stereocenters. The Kier molecular flexibility index (Phi) is 8.62. The molecule has 0 radical (unpaired) electrons. The SMILES string of the molecule is COc1cccc(N([C@H](C)C(=O)NCCOc2ccc(S(=O)(=O)N3CCCC3)cc2)S(C)(=O)=O)c1. The van der Waals surface area contributed by atoms with E-state index in [-0.39, 0.29) is 18.0 Å². The van der Waals surface area contributed by atoms with Crippen LogP contribution in [-0.4, -0.2) is 72.7 Å². The molecule has 10 nitrogen and oxygen atoms in total. The number of benzene rings is 2. The van der Waals surface area contributed by atoms with Gasteiger partial charge < -0.3 is 14.8 Å². The van der Waals surface area contributed by atoms with Crippen LogP contribution in [0.1, 0.15) is 19.8 Å². The molecule has 1 heterocycles. The number of nitrogens with zero attached hydrogens (tertiary/aromatic N) is 2. The highest BCUT2D eigenvalue weighted by Gasteiger charge is 2.29. The van der Waals surface area contributed by atoms with Crippen molar-refractivity contribution < 1.29 is 31.1 Å². The summed E-state index contributed by atoms with van der Waals surface area (Å²) >= 11 is 0. The third-order valence-electron chi connectivity index (χ3n) is 5.59. The Balaban J connectivity index is 1.55. The monoisotopic (exact) mass is 525 g/mol. The lowest BCUT2D eigenvalue weighted by Crippen LogP contribution is -2.48. The average molecular weight is 526 g/mol. The molecule has 0 spiro atoms. The second-order valence-electron chi connectivity index (χ2n) is 8.16. The molecule has 0 saturated carbocycles. The summed E-state index contributed by atoms with van der Waals surface area (Å²) in [6.45, 7) is 2.82. The summed E-state index contributed by atoms with van der Waals surface area (Å²) < 4.78 is 63.3. The first-order chi connectivity index (χ1) is 16.5. The molecule has 1 amide bonds. The minimum atomic E-state index is -3.75. The number of nitrogens with one attached hydrogen (secondary N) is 1. The zero-order valence-corrected chi connectivity index (χ0v) is 21.6. The number of ether oxygens (including phenoxy) is 2. The number of sulfonamides is 2. The zero-order valence-electron chi connectivity index (χ0n) is 20.0. The van der Waals surface area contributed by atoms with Gasteiger partial charge in [-0.25, -0.2) is 16.8 Å². The lowest BCUT2D eigenvalue weighted by atomic mass is 10.2. The van der Waals surface area contributed by atoms with Gasteiger partial charge in [-0.05, 0) is 56.2 Å². The Morgan fingerprint density at radius 3 is 2.31 bits per heavy atom. The van der Waals surface area contributed by atoms with E-state index in [1.165, 1.54) is 30.5 Å². The normalized spacial score (nSPS) is 15.4. The Morgan fingerprint density at radius 1 is 1.06 bits per heavy atom. The predicted molar refractivity (Wildman–Crippen MR) is 133 cm³/mol. The van der Waals surface area contributed by atoms with Crippen molar-refractivity contribution in [2.45, 2.75) is 30.7 Å². The fraction of sp³-hybridized carbons (Fsp3) is 0.435. The van der Waals surface area contributed by atoms with E-state index in [2.05, 4.69) is 5.32 Å². The van der Waals surface area contributed by atoms with Crippen molar-refractivity contribution >= 4 is 31.6 Å². The Bertz CT molecular complexity index is 1230. The highest BCUT2D eigenvalue weighted by atomic mass is 32.2. The molecule has 1 aliphatic rings.